The highest BCUT2D eigenvalue weighted by molar-refractivity contribution is 7.12. The third-order valence-electron chi connectivity index (χ3n) is 1.74. The van der Waals surface area contributed by atoms with Crippen molar-refractivity contribution in [3.8, 4) is 11.8 Å². The summed E-state index contributed by atoms with van der Waals surface area (Å²) >= 11 is 1.56. The number of urea groups is 1. The Balaban J connectivity index is 2.43. The Labute approximate surface area is 99.2 Å². The number of amides is 2. The molecule has 0 saturated carbocycles. The SMILES string of the molecule is CCNC(=O)NCc1ccc(C#CCN)s1. The van der Waals surface area contributed by atoms with Crippen molar-refractivity contribution in [3.05, 3.63) is 21.9 Å². The van der Waals surface area contributed by atoms with E-state index in [9.17, 15) is 4.79 Å². The smallest absolute Gasteiger partial charge is 0.315 e. The summed E-state index contributed by atoms with van der Waals surface area (Å²) in [7, 11) is 0. The average Bonchev–Trinajstić information content (AvgIpc) is 2.72. The molecule has 4 nitrogen and oxygen atoms in total. The van der Waals surface area contributed by atoms with Crippen molar-refractivity contribution in [2.45, 2.75) is 13.5 Å². The summed E-state index contributed by atoms with van der Waals surface area (Å²) in [5.74, 6) is 5.74. The second-order valence-electron chi connectivity index (χ2n) is 2.98. The van der Waals surface area contributed by atoms with Crippen LogP contribution in [0, 0.1) is 11.8 Å². The second-order valence-corrected chi connectivity index (χ2v) is 4.15. The maximum absolute atomic E-state index is 11.1. The molecule has 0 fully saturated rings. The molecular formula is C11H15N3OS. The summed E-state index contributed by atoms with van der Waals surface area (Å²) in [5.41, 5.74) is 5.28. The second kappa shape index (κ2) is 6.88. The van der Waals surface area contributed by atoms with Crippen molar-refractivity contribution in [1.82, 2.24) is 10.6 Å². The molecule has 1 heterocycles. The van der Waals surface area contributed by atoms with Crippen LogP contribution in [0.5, 0.6) is 0 Å². The quantitative estimate of drug-likeness (QED) is 0.683. The van der Waals surface area contributed by atoms with Gasteiger partial charge < -0.3 is 16.4 Å². The lowest BCUT2D eigenvalue weighted by molar-refractivity contribution is 0.241. The Bertz CT molecular complexity index is 403. The first-order valence-corrected chi connectivity index (χ1v) is 5.87. The Hall–Kier alpha value is -1.51. The monoisotopic (exact) mass is 237 g/mol. The Morgan fingerprint density at radius 2 is 2.31 bits per heavy atom. The minimum absolute atomic E-state index is 0.148. The molecule has 0 unspecified atom stereocenters. The van der Waals surface area contributed by atoms with Gasteiger partial charge in [0.25, 0.3) is 0 Å². The minimum atomic E-state index is -0.148. The van der Waals surface area contributed by atoms with Gasteiger partial charge in [-0.2, -0.15) is 0 Å². The lowest BCUT2D eigenvalue weighted by Crippen LogP contribution is -2.34. The molecule has 0 aliphatic carbocycles. The standard InChI is InChI=1S/C11H15N3OS/c1-2-13-11(15)14-8-10-6-5-9(16-10)4-3-7-12/h5-6H,2,7-8,12H2,1H3,(H2,13,14,15). The molecule has 0 spiro atoms. The first-order valence-electron chi connectivity index (χ1n) is 5.05. The number of thiophene rings is 1. The van der Waals surface area contributed by atoms with Gasteiger partial charge in [0.15, 0.2) is 0 Å². The van der Waals surface area contributed by atoms with E-state index < -0.39 is 0 Å². The van der Waals surface area contributed by atoms with Crippen molar-refractivity contribution in [1.29, 1.82) is 0 Å². The van der Waals surface area contributed by atoms with Gasteiger partial charge in [0, 0.05) is 11.4 Å². The Morgan fingerprint density at radius 3 is 3.00 bits per heavy atom. The molecule has 5 heteroatoms. The summed E-state index contributed by atoms with van der Waals surface area (Å²) < 4.78 is 0. The molecule has 1 aromatic rings. The largest absolute Gasteiger partial charge is 0.338 e. The van der Waals surface area contributed by atoms with E-state index in [2.05, 4.69) is 22.5 Å². The Morgan fingerprint density at radius 1 is 1.50 bits per heavy atom. The molecule has 0 saturated heterocycles. The summed E-state index contributed by atoms with van der Waals surface area (Å²) in [5, 5.41) is 5.42. The van der Waals surface area contributed by atoms with Gasteiger partial charge in [-0.25, -0.2) is 4.79 Å². The zero-order valence-electron chi connectivity index (χ0n) is 9.17. The summed E-state index contributed by atoms with van der Waals surface area (Å²) in [6.45, 7) is 3.40. The molecule has 1 aromatic heterocycles. The summed E-state index contributed by atoms with van der Waals surface area (Å²) in [6.07, 6.45) is 0. The van der Waals surface area contributed by atoms with Gasteiger partial charge in [0.2, 0.25) is 0 Å². The summed E-state index contributed by atoms with van der Waals surface area (Å²) in [4.78, 5) is 13.2. The highest BCUT2D eigenvalue weighted by Crippen LogP contribution is 2.14. The zero-order chi connectivity index (χ0) is 11.8. The molecule has 0 aromatic carbocycles. The van der Waals surface area contributed by atoms with Gasteiger partial charge in [-0.1, -0.05) is 11.8 Å². The first-order chi connectivity index (χ1) is 7.76. The number of carbonyl (C=O) groups excluding carboxylic acids is 1. The van der Waals surface area contributed by atoms with Crippen LogP contribution in [0.2, 0.25) is 0 Å². The predicted octanol–water partition coefficient (Wildman–Crippen LogP) is 0.877. The third kappa shape index (κ3) is 4.34. The van der Waals surface area contributed by atoms with Crippen LogP contribution < -0.4 is 16.4 Å². The zero-order valence-corrected chi connectivity index (χ0v) is 9.99. The lowest BCUT2D eigenvalue weighted by Gasteiger charge is -2.03. The van der Waals surface area contributed by atoms with Crippen molar-refractivity contribution in [3.63, 3.8) is 0 Å². The number of carbonyl (C=O) groups is 1. The van der Waals surface area contributed by atoms with Crippen LogP contribution >= 0.6 is 11.3 Å². The van der Waals surface area contributed by atoms with Crippen molar-refractivity contribution < 1.29 is 4.79 Å². The molecule has 0 aliphatic heterocycles. The van der Waals surface area contributed by atoms with Crippen molar-refractivity contribution in [2.75, 3.05) is 13.1 Å². The first kappa shape index (κ1) is 12.6. The van der Waals surface area contributed by atoms with Gasteiger partial charge >= 0.3 is 6.03 Å². The summed E-state index contributed by atoms with van der Waals surface area (Å²) in [6, 6.07) is 3.74. The molecule has 0 aliphatic rings. The maximum atomic E-state index is 11.1. The predicted molar refractivity (Wildman–Crippen MR) is 66.2 cm³/mol. The fourth-order valence-corrected chi connectivity index (χ4v) is 1.89. The Kier molecular flexibility index (Phi) is 5.40. The maximum Gasteiger partial charge on any atom is 0.315 e. The van der Waals surface area contributed by atoms with Crippen molar-refractivity contribution in [2.24, 2.45) is 5.73 Å². The highest BCUT2D eigenvalue weighted by Gasteiger charge is 2.00. The number of nitrogens with two attached hydrogens (primary N) is 1. The van der Waals surface area contributed by atoms with E-state index in [1.165, 1.54) is 0 Å². The highest BCUT2D eigenvalue weighted by atomic mass is 32.1. The molecule has 4 N–H and O–H groups in total. The van der Waals surface area contributed by atoms with Crippen LogP contribution in [0.15, 0.2) is 12.1 Å². The van der Waals surface area contributed by atoms with Crippen LogP contribution in [0.25, 0.3) is 0 Å². The van der Waals surface area contributed by atoms with Crippen LogP contribution in [0.1, 0.15) is 16.7 Å². The topological polar surface area (TPSA) is 67.2 Å². The molecule has 0 bridgehead atoms. The van der Waals surface area contributed by atoms with Crippen LogP contribution in [-0.4, -0.2) is 19.1 Å². The molecule has 2 amide bonds. The van der Waals surface area contributed by atoms with Crippen LogP contribution in [0.3, 0.4) is 0 Å². The fraction of sp³-hybridized carbons (Fsp3) is 0.364. The van der Waals surface area contributed by atoms with E-state index in [0.717, 1.165) is 9.75 Å². The van der Waals surface area contributed by atoms with Crippen LogP contribution in [0.4, 0.5) is 4.79 Å². The van der Waals surface area contributed by atoms with E-state index in [0.29, 0.717) is 19.6 Å². The molecule has 86 valence electrons. The number of hydrogen-bond donors (Lipinski definition) is 3. The van der Waals surface area contributed by atoms with Gasteiger partial charge in [-0.05, 0) is 19.1 Å². The number of rotatable bonds is 3. The molecule has 0 radical (unpaired) electrons. The van der Waals surface area contributed by atoms with Gasteiger partial charge in [0.05, 0.1) is 18.0 Å². The van der Waals surface area contributed by atoms with E-state index in [4.69, 9.17) is 5.73 Å². The average molecular weight is 237 g/mol. The molecule has 0 atom stereocenters. The van der Waals surface area contributed by atoms with Gasteiger partial charge in [-0.3, -0.25) is 0 Å². The van der Waals surface area contributed by atoms with E-state index in [-0.39, 0.29) is 6.03 Å². The number of nitrogens with one attached hydrogen (secondary N) is 2. The van der Waals surface area contributed by atoms with Crippen molar-refractivity contribution >= 4 is 17.4 Å². The van der Waals surface area contributed by atoms with E-state index in [1.807, 2.05) is 19.1 Å². The minimum Gasteiger partial charge on any atom is -0.338 e. The van der Waals surface area contributed by atoms with Gasteiger partial charge in [-0.15, -0.1) is 11.3 Å². The molecule has 1 rings (SSSR count). The third-order valence-corrected chi connectivity index (χ3v) is 2.74. The fourth-order valence-electron chi connectivity index (χ4n) is 1.07. The lowest BCUT2D eigenvalue weighted by atomic mass is 10.4. The van der Waals surface area contributed by atoms with Gasteiger partial charge in [0.1, 0.15) is 0 Å². The molecular weight excluding hydrogens is 222 g/mol. The molecule has 16 heavy (non-hydrogen) atoms. The van der Waals surface area contributed by atoms with E-state index >= 15 is 0 Å². The number of hydrogen-bond acceptors (Lipinski definition) is 3. The normalized spacial score (nSPS) is 9.12. The van der Waals surface area contributed by atoms with E-state index in [1.54, 1.807) is 11.3 Å². The van der Waals surface area contributed by atoms with Crippen LogP contribution in [-0.2, 0) is 6.54 Å².